The summed E-state index contributed by atoms with van der Waals surface area (Å²) in [4.78, 5) is 2.39. The van der Waals surface area contributed by atoms with Crippen molar-refractivity contribution in [3.05, 3.63) is 76.9 Å². The van der Waals surface area contributed by atoms with E-state index in [1.165, 1.54) is 22.3 Å². The zero-order chi connectivity index (χ0) is 26.6. The van der Waals surface area contributed by atoms with Gasteiger partial charge < -0.3 is 30.0 Å². The van der Waals surface area contributed by atoms with Crippen molar-refractivity contribution in [3.8, 4) is 23.0 Å². The number of benzene rings is 3. The first kappa shape index (κ1) is 26.7. The molecule has 0 aromatic heterocycles. The second-order valence-corrected chi connectivity index (χ2v) is 10.6. The Morgan fingerprint density at radius 3 is 2.32 bits per heavy atom. The molecule has 1 aliphatic carbocycles. The number of fused-ring (bicyclic) bond motifs is 1. The van der Waals surface area contributed by atoms with Crippen LogP contribution in [0.3, 0.4) is 0 Å². The number of aromatic hydroxyl groups is 1. The highest BCUT2D eigenvalue weighted by atomic mass is 16.5. The van der Waals surface area contributed by atoms with E-state index in [-0.39, 0.29) is 5.54 Å². The third-order valence-corrected chi connectivity index (χ3v) is 7.02. The molecule has 6 heteroatoms. The van der Waals surface area contributed by atoms with Crippen LogP contribution in [0, 0.1) is 0 Å². The molecule has 1 aliphatic rings. The lowest BCUT2D eigenvalue weighted by atomic mass is 9.79. The summed E-state index contributed by atoms with van der Waals surface area (Å²) < 4.78 is 17.2. The minimum atomic E-state index is -0.373. The number of aryl methyl sites for hydroxylation is 1. The molecule has 0 amide bonds. The number of nitrogens with two attached hydrogens (primary N) is 1. The number of methoxy groups -OCH3 is 2. The summed E-state index contributed by atoms with van der Waals surface area (Å²) in [6.07, 6.45) is 2.88. The van der Waals surface area contributed by atoms with Crippen molar-refractivity contribution in [1.29, 1.82) is 0 Å². The molecule has 0 unspecified atom stereocenters. The molecule has 3 N–H and O–H groups in total. The summed E-state index contributed by atoms with van der Waals surface area (Å²) in [5.41, 5.74) is 11.9. The summed E-state index contributed by atoms with van der Waals surface area (Å²) in [6.45, 7) is 8.16. The number of anilines is 1. The van der Waals surface area contributed by atoms with Crippen LogP contribution in [0.4, 0.5) is 5.69 Å². The molecule has 6 nitrogen and oxygen atoms in total. The van der Waals surface area contributed by atoms with E-state index in [0.29, 0.717) is 18.3 Å². The van der Waals surface area contributed by atoms with E-state index in [1.807, 2.05) is 32.0 Å². The highest BCUT2D eigenvalue weighted by Gasteiger charge is 2.26. The van der Waals surface area contributed by atoms with Gasteiger partial charge in [-0.25, -0.2) is 0 Å². The van der Waals surface area contributed by atoms with Crippen LogP contribution in [0.1, 0.15) is 55.4 Å². The fourth-order valence-electron chi connectivity index (χ4n) is 5.04. The normalized spacial score (nSPS) is 15.1. The predicted octanol–water partition coefficient (Wildman–Crippen LogP) is 5.82. The number of ether oxygens (including phenoxy) is 3. The average molecular weight is 505 g/mol. The molecule has 0 aliphatic heterocycles. The number of rotatable bonds is 10. The van der Waals surface area contributed by atoms with E-state index >= 15 is 0 Å². The van der Waals surface area contributed by atoms with Gasteiger partial charge in [0.2, 0.25) is 0 Å². The maximum atomic E-state index is 9.92. The highest BCUT2D eigenvalue weighted by Crippen LogP contribution is 2.43. The zero-order valence-corrected chi connectivity index (χ0v) is 22.7. The van der Waals surface area contributed by atoms with Crippen LogP contribution in [0.15, 0.2) is 54.6 Å². The van der Waals surface area contributed by atoms with Gasteiger partial charge >= 0.3 is 0 Å². The van der Waals surface area contributed by atoms with Crippen molar-refractivity contribution in [2.45, 2.75) is 58.0 Å². The lowest BCUT2D eigenvalue weighted by molar-refractivity contribution is 0.243. The van der Waals surface area contributed by atoms with E-state index in [9.17, 15) is 5.11 Å². The summed E-state index contributed by atoms with van der Waals surface area (Å²) in [5.74, 6) is 2.98. The van der Waals surface area contributed by atoms with Crippen LogP contribution in [0.2, 0.25) is 0 Å². The molecule has 198 valence electrons. The van der Waals surface area contributed by atoms with Crippen LogP contribution in [-0.2, 0) is 19.4 Å². The van der Waals surface area contributed by atoms with E-state index in [4.69, 9.17) is 19.9 Å². The Morgan fingerprint density at radius 1 is 0.973 bits per heavy atom. The van der Waals surface area contributed by atoms with Crippen LogP contribution in [0.5, 0.6) is 23.0 Å². The summed E-state index contributed by atoms with van der Waals surface area (Å²) in [6, 6.07) is 18.3. The molecule has 0 fully saturated rings. The average Bonchev–Trinajstić information content (AvgIpc) is 2.89. The van der Waals surface area contributed by atoms with Crippen LogP contribution in [-0.4, -0.2) is 38.0 Å². The molecule has 0 bridgehead atoms. The van der Waals surface area contributed by atoms with Crippen LogP contribution >= 0.6 is 0 Å². The lowest BCUT2D eigenvalue weighted by Gasteiger charge is -2.32. The third kappa shape index (κ3) is 6.50. The maximum Gasteiger partial charge on any atom is 0.162 e. The van der Waals surface area contributed by atoms with Crippen molar-refractivity contribution in [2.75, 3.05) is 32.3 Å². The van der Waals surface area contributed by atoms with E-state index in [0.717, 1.165) is 55.3 Å². The van der Waals surface area contributed by atoms with E-state index in [2.05, 4.69) is 42.2 Å². The Balaban J connectivity index is 1.62. The molecule has 3 aromatic rings. The number of hydrogen-bond donors (Lipinski definition) is 2. The van der Waals surface area contributed by atoms with E-state index < -0.39 is 0 Å². The zero-order valence-electron chi connectivity index (χ0n) is 22.7. The minimum absolute atomic E-state index is 0.337. The van der Waals surface area contributed by atoms with E-state index in [1.54, 1.807) is 20.3 Å². The second kappa shape index (κ2) is 11.3. The predicted molar refractivity (Wildman–Crippen MR) is 149 cm³/mol. The fourth-order valence-corrected chi connectivity index (χ4v) is 5.04. The molecular formula is C31H40N2O4. The standard InChI is InChI=1S/C31H40N2O4/c1-6-33(19-21-7-13-26(14-8-21)37-20-31(2,3)32)28-18-30(36-5)29(35-4)17-27(28)24-10-9-23-16-25(34)12-11-22(23)15-24/h7-8,11-14,16-18,24,34H,6,9-10,15,19-20,32H2,1-5H3/t24-/m1/s1. The Morgan fingerprint density at radius 2 is 1.68 bits per heavy atom. The van der Waals surface area contributed by atoms with Crippen molar-refractivity contribution in [1.82, 2.24) is 0 Å². The maximum absolute atomic E-state index is 9.92. The fraction of sp³-hybridized carbons (Fsp3) is 0.419. The third-order valence-electron chi connectivity index (χ3n) is 7.02. The van der Waals surface area contributed by atoms with Crippen LogP contribution in [0.25, 0.3) is 0 Å². The van der Waals surface area contributed by atoms with Gasteiger partial charge in [-0.15, -0.1) is 0 Å². The molecule has 0 heterocycles. The van der Waals surface area contributed by atoms with Crippen LogP contribution < -0.4 is 24.8 Å². The first-order valence-electron chi connectivity index (χ1n) is 13.0. The van der Waals surface area contributed by atoms with Gasteiger partial charge in [0.1, 0.15) is 18.1 Å². The first-order valence-corrected chi connectivity index (χ1v) is 13.0. The Labute approximate surface area is 221 Å². The number of phenolic OH excluding ortho intramolecular Hbond substituents is 1. The minimum Gasteiger partial charge on any atom is -0.508 e. The topological polar surface area (TPSA) is 77.2 Å². The molecular weight excluding hydrogens is 464 g/mol. The molecule has 0 spiro atoms. The van der Waals surface area contributed by atoms with Gasteiger partial charge in [0.15, 0.2) is 11.5 Å². The smallest absolute Gasteiger partial charge is 0.162 e. The highest BCUT2D eigenvalue weighted by molar-refractivity contribution is 5.64. The van der Waals surface area contributed by atoms with Crippen molar-refractivity contribution < 1.29 is 19.3 Å². The SMILES string of the molecule is CCN(Cc1ccc(OCC(C)(C)N)cc1)c1cc(OC)c(OC)cc1[C@@H]1CCc2cc(O)ccc2C1. The number of nitrogens with zero attached hydrogens (tertiary/aromatic N) is 1. The molecule has 37 heavy (non-hydrogen) atoms. The van der Waals surface area contributed by atoms with Gasteiger partial charge in [-0.2, -0.15) is 0 Å². The van der Waals surface area contributed by atoms with Crippen molar-refractivity contribution in [3.63, 3.8) is 0 Å². The second-order valence-electron chi connectivity index (χ2n) is 10.6. The Hall–Kier alpha value is -3.38. The van der Waals surface area contributed by atoms with Gasteiger partial charge in [-0.05, 0) is 98.5 Å². The Kier molecular flexibility index (Phi) is 8.18. The first-order chi connectivity index (χ1) is 17.7. The van der Waals surface area contributed by atoms with Gasteiger partial charge in [-0.3, -0.25) is 0 Å². The number of phenols is 1. The Bertz CT molecular complexity index is 1200. The van der Waals surface area contributed by atoms with Gasteiger partial charge in [-0.1, -0.05) is 18.2 Å². The molecule has 0 saturated carbocycles. The summed E-state index contributed by atoms with van der Waals surface area (Å²) in [5, 5.41) is 9.92. The lowest BCUT2D eigenvalue weighted by Crippen LogP contribution is -2.38. The molecule has 0 radical (unpaired) electrons. The van der Waals surface area contributed by atoms with Gasteiger partial charge in [0.25, 0.3) is 0 Å². The monoisotopic (exact) mass is 504 g/mol. The van der Waals surface area contributed by atoms with Gasteiger partial charge in [0, 0.05) is 30.4 Å². The van der Waals surface area contributed by atoms with Crippen molar-refractivity contribution in [2.24, 2.45) is 5.73 Å². The quantitative estimate of drug-likeness (QED) is 0.362. The molecule has 3 aromatic carbocycles. The van der Waals surface area contributed by atoms with Gasteiger partial charge in [0.05, 0.1) is 14.2 Å². The molecule has 1 atom stereocenters. The summed E-state index contributed by atoms with van der Waals surface area (Å²) in [7, 11) is 3.37. The van der Waals surface area contributed by atoms with Crippen molar-refractivity contribution >= 4 is 5.69 Å². The molecule has 0 saturated heterocycles. The largest absolute Gasteiger partial charge is 0.508 e. The number of hydrogen-bond acceptors (Lipinski definition) is 6. The molecule has 4 rings (SSSR count). The summed E-state index contributed by atoms with van der Waals surface area (Å²) >= 11 is 0.